The van der Waals surface area contributed by atoms with Crippen molar-refractivity contribution in [2.24, 2.45) is 0 Å². The van der Waals surface area contributed by atoms with Gasteiger partial charge in [0.15, 0.2) is 0 Å². The first-order valence-electron chi connectivity index (χ1n) is 11.8. The fourth-order valence-corrected chi connectivity index (χ4v) is 3.29. The summed E-state index contributed by atoms with van der Waals surface area (Å²) in [4.78, 5) is 35.9. The van der Waals surface area contributed by atoms with Crippen molar-refractivity contribution in [3.8, 4) is 0 Å². The van der Waals surface area contributed by atoms with Crippen LogP contribution in [0.4, 0.5) is 0 Å². The molecule has 0 aliphatic carbocycles. The summed E-state index contributed by atoms with van der Waals surface area (Å²) in [5, 5.41) is -0.00463. The van der Waals surface area contributed by atoms with Gasteiger partial charge in [0.05, 0.1) is 10.5 Å². The number of hydrogen-bond donors (Lipinski definition) is 0. The Kier molecular flexibility index (Phi) is 31.5. The first kappa shape index (κ1) is 38.3. The summed E-state index contributed by atoms with van der Waals surface area (Å²) in [5.41, 5.74) is 0.935. The summed E-state index contributed by atoms with van der Waals surface area (Å²) in [6, 6.07) is 0. The zero-order chi connectivity index (χ0) is 26.3. The Morgan fingerprint density at radius 2 is 0.969 bits per heavy atom. The Morgan fingerprint density at radius 1 is 0.688 bits per heavy atom. The van der Waals surface area contributed by atoms with Gasteiger partial charge in [0.25, 0.3) is 0 Å². The fraction of sp³-hybridized carbons (Fsp3) is 0.800. The summed E-state index contributed by atoms with van der Waals surface area (Å²) >= 11 is 3.03. The minimum absolute atomic E-state index is 0.0579. The first-order valence-corrected chi connectivity index (χ1v) is 14.4. The number of carbonyl (C=O) groups excluding carboxylic acids is 3. The second kappa shape index (κ2) is 26.3. The highest BCUT2D eigenvalue weighted by Crippen LogP contribution is 2.27. The monoisotopic (exact) mass is 492 g/mol. The number of thioether (sulfide) groups is 2. The van der Waals surface area contributed by atoms with Crippen molar-refractivity contribution in [2.75, 3.05) is 26.6 Å². The van der Waals surface area contributed by atoms with Crippen molar-refractivity contribution >= 4 is 41.2 Å². The minimum atomic E-state index is -0.127. The SMILES string of the molecule is C=C1CC(SC)C(=O)N1C.CCC.CCC.CCC.CCC.CSC1CC(=O)N(C)C1=O. The van der Waals surface area contributed by atoms with E-state index in [0.29, 0.717) is 6.42 Å². The highest BCUT2D eigenvalue weighted by molar-refractivity contribution is 8.00. The third-order valence-corrected chi connectivity index (χ3v) is 5.29. The van der Waals surface area contributed by atoms with Crippen molar-refractivity contribution in [1.82, 2.24) is 9.80 Å². The van der Waals surface area contributed by atoms with Gasteiger partial charge in [-0.2, -0.15) is 23.5 Å². The average Bonchev–Trinajstić information content (AvgIpc) is 3.14. The van der Waals surface area contributed by atoms with Crippen LogP contribution in [0.1, 0.15) is 93.9 Å². The Hall–Kier alpha value is -0.950. The molecule has 2 rings (SSSR count). The molecule has 2 atom stereocenters. The molecule has 0 aromatic heterocycles. The molecule has 0 N–H and O–H groups in total. The van der Waals surface area contributed by atoms with Crippen molar-refractivity contribution in [1.29, 1.82) is 0 Å². The number of carbonyl (C=O) groups is 3. The van der Waals surface area contributed by atoms with Crippen molar-refractivity contribution in [3.63, 3.8) is 0 Å². The van der Waals surface area contributed by atoms with Gasteiger partial charge in [-0.25, -0.2) is 0 Å². The fourth-order valence-electron chi connectivity index (χ4n) is 1.90. The van der Waals surface area contributed by atoms with Gasteiger partial charge in [-0.05, 0) is 12.5 Å². The lowest BCUT2D eigenvalue weighted by molar-refractivity contribution is -0.136. The molecule has 2 saturated heterocycles. The van der Waals surface area contributed by atoms with E-state index in [1.165, 1.54) is 49.4 Å². The molecule has 0 spiro atoms. The molecule has 0 saturated carbocycles. The van der Waals surface area contributed by atoms with Crippen LogP contribution < -0.4 is 0 Å². The molecule has 0 aromatic rings. The molecule has 2 unspecified atom stereocenters. The molecule has 2 aliphatic rings. The van der Waals surface area contributed by atoms with Gasteiger partial charge < -0.3 is 4.90 Å². The smallest absolute Gasteiger partial charge is 0.242 e. The van der Waals surface area contributed by atoms with Crippen LogP contribution in [0.15, 0.2) is 12.3 Å². The molecule has 5 nitrogen and oxygen atoms in total. The van der Waals surface area contributed by atoms with Crippen LogP contribution in [-0.2, 0) is 14.4 Å². The van der Waals surface area contributed by atoms with E-state index in [4.69, 9.17) is 0 Å². The van der Waals surface area contributed by atoms with Crippen molar-refractivity contribution in [2.45, 2.75) is 104 Å². The molecule has 0 radical (unpaired) electrons. The van der Waals surface area contributed by atoms with Crippen LogP contribution in [0.25, 0.3) is 0 Å². The summed E-state index contributed by atoms with van der Waals surface area (Å²) in [7, 11) is 3.31. The van der Waals surface area contributed by atoms with Gasteiger partial charge >= 0.3 is 0 Å². The number of likely N-dealkylation sites (tertiary alicyclic amines) is 2. The maximum atomic E-state index is 11.2. The highest BCUT2D eigenvalue weighted by atomic mass is 32.2. The predicted octanol–water partition coefficient (Wildman–Crippen LogP) is 6.87. The third kappa shape index (κ3) is 18.6. The van der Waals surface area contributed by atoms with Crippen LogP contribution in [-0.4, -0.2) is 64.6 Å². The highest BCUT2D eigenvalue weighted by Gasteiger charge is 2.35. The van der Waals surface area contributed by atoms with Crippen LogP contribution >= 0.6 is 23.5 Å². The normalized spacial score (nSPS) is 18.6. The van der Waals surface area contributed by atoms with E-state index in [9.17, 15) is 14.4 Å². The molecule has 3 amide bonds. The van der Waals surface area contributed by atoms with Crippen LogP contribution in [0.5, 0.6) is 0 Å². The zero-order valence-electron chi connectivity index (χ0n) is 23.0. The topological polar surface area (TPSA) is 57.7 Å². The minimum Gasteiger partial charge on any atom is -0.319 e. The molecule has 7 heteroatoms. The van der Waals surface area contributed by atoms with E-state index >= 15 is 0 Å². The van der Waals surface area contributed by atoms with E-state index < -0.39 is 0 Å². The lowest BCUT2D eigenvalue weighted by atomic mass is 10.3. The third-order valence-electron chi connectivity index (χ3n) is 3.41. The van der Waals surface area contributed by atoms with Crippen LogP contribution in [0.3, 0.4) is 0 Å². The number of nitrogens with zero attached hydrogens (tertiary/aromatic N) is 2. The number of amides is 3. The molecule has 192 valence electrons. The van der Waals surface area contributed by atoms with Gasteiger partial charge in [0, 0.05) is 32.6 Å². The number of imide groups is 1. The molecule has 0 bridgehead atoms. The van der Waals surface area contributed by atoms with Crippen LogP contribution in [0, 0.1) is 0 Å². The van der Waals surface area contributed by atoms with Gasteiger partial charge in [-0.3, -0.25) is 19.3 Å². The summed E-state index contributed by atoms with van der Waals surface area (Å²) in [6.07, 6.45) is 9.98. The number of hydrogen-bond acceptors (Lipinski definition) is 5. The van der Waals surface area contributed by atoms with E-state index in [-0.39, 0.29) is 28.2 Å². The standard InChI is InChI=1S/C7H11NOS.C6H9NO2S.4C3H8/c1-5-4-6(10-3)7(9)8(5)2;1-7-5(8)3-4(10-2)6(7)9;4*1-3-2/h6H,1,4H2,2-3H3;4H,3H2,1-2H3;4*3H2,1-2H3. The summed E-state index contributed by atoms with van der Waals surface area (Å²) in [6.45, 7) is 20.8. The van der Waals surface area contributed by atoms with Crippen molar-refractivity contribution < 1.29 is 14.4 Å². The number of allylic oxidation sites excluding steroid dienone is 1. The van der Waals surface area contributed by atoms with Crippen LogP contribution in [0.2, 0.25) is 0 Å². The lowest BCUT2D eigenvalue weighted by Gasteiger charge is -2.08. The number of rotatable bonds is 2. The largest absolute Gasteiger partial charge is 0.319 e. The Labute approximate surface area is 208 Å². The predicted molar refractivity (Wildman–Crippen MR) is 147 cm³/mol. The van der Waals surface area contributed by atoms with Crippen molar-refractivity contribution in [3.05, 3.63) is 12.3 Å². The maximum absolute atomic E-state index is 11.2. The van der Waals surface area contributed by atoms with Gasteiger partial charge in [0.2, 0.25) is 17.7 Å². The zero-order valence-corrected chi connectivity index (χ0v) is 24.7. The molecule has 2 aliphatic heterocycles. The molecule has 2 heterocycles. The second-order valence-electron chi connectivity index (χ2n) is 7.44. The average molecular weight is 493 g/mol. The molecule has 0 aromatic carbocycles. The quantitative estimate of drug-likeness (QED) is 0.394. The van der Waals surface area contributed by atoms with Gasteiger partial charge in [-0.15, -0.1) is 0 Å². The molecular weight excluding hydrogens is 440 g/mol. The molecule has 2 fully saturated rings. The molecule has 32 heavy (non-hydrogen) atoms. The van der Waals surface area contributed by atoms with E-state index in [0.717, 1.165) is 12.1 Å². The van der Waals surface area contributed by atoms with E-state index in [2.05, 4.69) is 62.0 Å². The second-order valence-corrected chi connectivity index (χ2v) is 9.52. The summed E-state index contributed by atoms with van der Waals surface area (Å²) in [5.74, 6) is 0.0688. The lowest BCUT2D eigenvalue weighted by Crippen LogP contribution is -2.26. The Balaban J connectivity index is -0.000000166. The Morgan fingerprint density at radius 3 is 1.09 bits per heavy atom. The first-order chi connectivity index (χ1) is 15.0. The van der Waals surface area contributed by atoms with Gasteiger partial charge in [0.1, 0.15) is 0 Å². The maximum Gasteiger partial charge on any atom is 0.242 e. The Bertz CT molecular complexity index is 452. The van der Waals surface area contributed by atoms with E-state index in [1.54, 1.807) is 23.7 Å². The van der Waals surface area contributed by atoms with Gasteiger partial charge in [-0.1, -0.05) is 87.7 Å². The summed E-state index contributed by atoms with van der Waals surface area (Å²) < 4.78 is 0. The molecular formula is C25H52N2O3S2. The van der Waals surface area contributed by atoms with E-state index in [1.807, 2.05) is 12.5 Å².